The molecule has 116 valence electrons. The summed E-state index contributed by atoms with van der Waals surface area (Å²) in [5.74, 6) is -0.204. The third-order valence-corrected chi connectivity index (χ3v) is 2.92. The highest BCUT2D eigenvalue weighted by molar-refractivity contribution is 6.30. The second kappa shape index (κ2) is 6.15. The topological polar surface area (TPSA) is 61.4 Å². The molecule has 0 heterocycles. The number of benzene rings is 2. The van der Waals surface area contributed by atoms with Crippen molar-refractivity contribution in [3.05, 3.63) is 53.1 Å². The zero-order chi connectivity index (χ0) is 16.3. The van der Waals surface area contributed by atoms with E-state index in [9.17, 15) is 23.1 Å². The minimum atomic E-state index is -4.66. The summed E-state index contributed by atoms with van der Waals surface area (Å²) in [6.07, 6.45) is -4.66. The van der Waals surface area contributed by atoms with E-state index in [0.29, 0.717) is 0 Å². The molecule has 4 nitrogen and oxygen atoms in total. The molecular weight excluding hydrogens is 321 g/mol. The Morgan fingerprint density at radius 1 is 1.05 bits per heavy atom. The molecule has 0 aliphatic heterocycles. The van der Waals surface area contributed by atoms with Gasteiger partial charge in [-0.25, -0.2) is 4.79 Å². The highest BCUT2D eigenvalue weighted by Gasteiger charge is 2.34. The fourth-order valence-electron chi connectivity index (χ4n) is 1.72. The van der Waals surface area contributed by atoms with Crippen LogP contribution in [0.15, 0.2) is 42.5 Å². The lowest BCUT2D eigenvalue weighted by Crippen LogP contribution is -2.21. The Hall–Kier alpha value is -2.41. The average molecular weight is 331 g/mol. The zero-order valence-corrected chi connectivity index (χ0v) is 11.7. The molecule has 0 aromatic heterocycles. The van der Waals surface area contributed by atoms with Crippen LogP contribution in [0.5, 0.6) is 5.75 Å². The Kier molecular flexibility index (Phi) is 4.46. The lowest BCUT2D eigenvalue weighted by Gasteiger charge is -2.15. The van der Waals surface area contributed by atoms with Crippen molar-refractivity contribution in [2.24, 2.45) is 0 Å². The first kappa shape index (κ1) is 16.0. The van der Waals surface area contributed by atoms with E-state index >= 15 is 0 Å². The molecule has 0 bridgehead atoms. The van der Waals surface area contributed by atoms with Crippen LogP contribution in [0.3, 0.4) is 0 Å². The summed E-state index contributed by atoms with van der Waals surface area (Å²) in [5, 5.41) is 13.7. The molecule has 2 amide bonds. The summed E-state index contributed by atoms with van der Waals surface area (Å²) in [4.78, 5) is 11.8. The summed E-state index contributed by atoms with van der Waals surface area (Å²) in [6, 6.07) is 7.91. The number of carbonyl (C=O) groups is 1. The van der Waals surface area contributed by atoms with Gasteiger partial charge in [0.1, 0.15) is 5.75 Å². The Morgan fingerprint density at radius 3 is 2.32 bits per heavy atom. The number of rotatable bonds is 2. The first-order chi connectivity index (χ1) is 10.3. The minimum Gasteiger partial charge on any atom is -0.506 e. The lowest BCUT2D eigenvalue weighted by molar-refractivity contribution is -0.136. The quantitative estimate of drug-likeness (QED) is 0.698. The second-order valence-corrected chi connectivity index (χ2v) is 4.72. The number of nitrogens with one attached hydrogen (secondary N) is 2. The summed E-state index contributed by atoms with van der Waals surface area (Å²) in [6.45, 7) is 0. The number of anilines is 2. The van der Waals surface area contributed by atoms with Gasteiger partial charge in [-0.2, -0.15) is 13.2 Å². The Bertz CT molecular complexity index is 705. The highest BCUT2D eigenvalue weighted by atomic mass is 35.5. The molecule has 22 heavy (non-hydrogen) atoms. The van der Waals surface area contributed by atoms with Crippen molar-refractivity contribution in [1.29, 1.82) is 0 Å². The molecule has 0 saturated heterocycles. The normalized spacial score (nSPS) is 11.1. The Labute approximate surface area is 128 Å². The molecule has 0 radical (unpaired) electrons. The van der Waals surface area contributed by atoms with E-state index in [0.717, 1.165) is 12.1 Å². The van der Waals surface area contributed by atoms with Gasteiger partial charge in [-0.05, 0) is 30.3 Å². The molecule has 8 heteroatoms. The van der Waals surface area contributed by atoms with Crippen LogP contribution < -0.4 is 10.6 Å². The first-order valence-corrected chi connectivity index (χ1v) is 6.38. The van der Waals surface area contributed by atoms with Crippen LogP contribution in [-0.2, 0) is 6.18 Å². The van der Waals surface area contributed by atoms with Crippen molar-refractivity contribution < 1.29 is 23.1 Å². The third kappa shape index (κ3) is 3.82. The highest BCUT2D eigenvalue weighted by Crippen LogP contribution is 2.36. The molecule has 0 atom stereocenters. The number of phenolic OH excluding ortho intramolecular Hbond substituents is 1. The molecule has 2 rings (SSSR count). The van der Waals surface area contributed by atoms with E-state index in [-0.39, 0.29) is 16.5 Å². The molecule has 0 spiro atoms. The van der Waals surface area contributed by atoms with Crippen LogP contribution in [0.2, 0.25) is 5.02 Å². The number of halogens is 4. The number of hydrogen-bond donors (Lipinski definition) is 3. The monoisotopic (exact) mass is 330 g/mol. The maximum absolute atomic E-state index is 12.9. The van der Waals surface area contributed by atoms with Crippen molar-refractivity contribution in [3.8, 4) is 5.75 Å². The van der Waals surface area contributed by atoms with E-state index < -0.39 is 23.5 Å². The van der Waals surface area contributed by atoms with Crippen LogP contribution in [0.1, 0.15) is 5.56 Å². The van der Waals surface area contributed by atoms with Gasteiger partial charge in [0.05, 0.1) is 16.9 Å². The number of urea groups is 1. The average Bonchev–Trinajstić information content (AvgIpc) is 2.42. The maximum Gasteiger partial charge on any atom is 0.418 e. The summed E-state index contributed by atoms with van der Waals surface area (Å²) >= 11 is 5.55. The predicted molar refractivity (Wildman–Crippen MR) is 77.2 cm³/mol. The molecule has 2 aromatic carbocycles. The van der Waals surface area contributed by atoms with Crippen LogP contribution >= 0.6 is 11.6 Å². The summed E-state index contributed by atoms with van der Waals surface area (Å²) < 4.78 is 38.7. The number of para-hydroxylation sites is 2. The van der Waals surface area contributed by atoms with Gasteiger partial charge in [0.2, 0.25) is 0 Å². The van der Waals surface area contributed by atoms with Crippen molar-refractivity contribution in [2.45, 2.75) is 6.18 Å². The fourth-order valence-corrected chi connectivity index (χ4v) is 1.89. The van der Waals surface area contributed by atoms with Gasteiger partial charge in [-0.3, -0.25) is 0 Å². The number of alkyl halides is 3. The van der Waals surface area contributed by atoms with Gasteiger partial charge >= 0.3 is 12.2 Å². The van der Waals surface area contributed by atoms with E-state index in [1.807, 2.05) is 0 Å². The number of aromatic hydroxyl groups is 1. The van der Waals surface area contributed by atoms with Gasteiger partial charge in [-0.1, -0.05) is 23.7 Å². The maximum atomic E-state index is 12.9. The van der Waals surface area contributed by atoms with Gasteiger partial charge in [0.25, 0.3) is 0 Å². The largest absolute Gasteiger partial charge is 0.506 e. The fraction of sp³-hybridized carbons (Fsp3) is 0.0714. The van der Waals surface area contributed by atoms with Crippen molar-refractivity contribution >= 4 is 29.0 Å². The van der Waals surface area contributed by atoms with E-state index in [1.54, 1.807) is 12.1 Å². The van der Waals surface area contributed by atoms with E-state index in [1.165, 1.54) is 18.2 Å². The Morgan fingerprint density at radius 2 is 1.68 bits per heavy atom. The van der Waals surface area contributed by atoms with Gasteiger partial charge in [0, 0.05) is 5.02 Å². The van der Waals surface area contributed by atoms with Crippen LogP contribution in [0.4, 0.5) is 29.3 Å². The first-order valence-electron chi connectivity index (χ1n) is 6.00. The number of hydrogen-bond acceptors (Lipinski definition) is 2. The van der Waals surface area contributed by atoms with Crippen molar-refractivity contribution in [2.75, 3.05) is 10.6 Å². The lowest BCUT2D eigenvalue weighted by atomic mass is 10.1. The standard InChI is InChI=1S/C14H10ClF3N2O2/c15-8-5-6-10(9(7-8)14(16,17)18)19-13(22)20-11-3-1-2-4-12(11)21/h1-7,21H,(H2,19,20,22). The molecule has 0 aliphatic rings. The van der Waals surface area contributed by atoms with Crippen LogP contribution in [-0.4, -0.2) is 11.1 Å². The van der Waals surface area contributed by atoms with Crippen LogP contribution in [0, 0.1) is 0 Å². The zero-order valence-electron chi connectivity index (χ0n) is 10.9. The predicted octanol–water partition coefficient (Wildman–Crippen LogP) is 4.71. The Balaban J connectivity index is 2.21. The minimum absolute atomic E-state index is 0.0718. The summed E-state index contributed by atoms with van der Waals surface area (Å²) in [7, 11) is 0. The molecule has 0 aliphatic carbocycles. The van der Waals surface area contributed by atoms with Gasteiger partial charge in [-0.15, -0.1) is 0 Å². The smallest absolute Gasteiger partial charge is 0.418 e. The van der Waals surface area contributed by atoms with Crippen molar-refractivity contribution in [1.82, 2.24) is 0 Å². The van der Waals surface area contributed by atoms with E-state index in [2.05, 4.69) is 10.6 Å². The molecule has 0 saturated carbocycles. The van der Waals surface area contributed by atoms with Gasteiger partial charge < -0.3 is 15.7 Å². The van der Waals surface area contributed by atoms with E-state index in [4.69, 9.17) is 11.6 Å². The number of phenols is 1. The summed E-state index contributed by atoms with van der Waals surface area (Å²) in [5.41, 5.74) is -1.43. The number of carbonyl (C=O) groups excluding carboxylic acids is 1. The SMILES string of the molecule is O=C(Nc1ccccc1O)Nc1ccc(Cl)cc1C(F)(F)F. The van der Waals surface area contributed by atoms with Crippen LogP contribution in [0.25, 0.3) is 0 Å². The molecule has 3 N–H and O–H groups in total. The number of amides is 2. The molecule has 2 aromatic rings. The molecule has 0 fully saturated rings. The second-order valence-electron chi connectivity index (χ2n) is 4.28. The molecule has 0 unspecified atom stereocenters. The van der Waals surface area contributed by atoms with Crippen molar-refractivity contribution in [3.63, 3.8) is 0 Å². The van der Waals surface area contributed by atoms with Gasteiger partial charge in [0.15, 0.2) is 0 Å². The molecular formula is C14H10ClF3N2O2. The third-order valence-electron chi connectivity index (χ3n) is 2.69.